The summed E-state index contributed by atoms with van der Waals surface area (Å²) in [6.07, 6.45) is 0. The van der Waals surface area contributed by atoms with Crippen molar-refractivity contribution in [3.63, 3.8) is 0 Å². The highest BCUT2D eigenvalue weighted by Gasteiger charge is 2.39. The molecule has 0 aliphatic carbocycles. The highest BCUT2D eigenvalue weighted by molar-refractivity contribution is 8.21. The van der Waals surface area contributed by atoms with Crippen LogP contribution in [0.1, 0.15) is 22.3 Å². The van der Waals surface area contributed by atoms with Gasteiger partial charge in [-0.1, -0.05) is 121 Å². The topological polar surface area (TPSA) is 55.9 Å². The fourth-order valence-corrected chi connectivity index (χ4v) is 27.7. The van der Waals surface area contributed by atoms with Gasteiger partial charge in [-0.25, -0.2) is 9.34 Å². The van der Waals surface area contributed by atoms with Crippen LogP contribution in [0.25, 0.3) is 0 Å². The maximum atomic E-state index is 7.62. The first-order valence-corrected chi connectivity index (χ1v) is 25.4. The molecule has 0 amide bonds. The van der Waals surface area contributed by atoms with E-state index < -0.39 is 25.2 Å². The quantitative estimate of drug-likeness (QED) is 0.150. The van der Waals surface area contributed by atoms with Crippen LogP contribution in [0.3, 0.4) is 0 Å². The lowest BCUT2D eigenvalue weighted by Gasteiger charge is -2.35. The highest BCUT2D eigenvalue weighted by atomic mass is 35.9. The molecule has 0 saturated heterocycles. The van der Waals surface area contributed by atoms with E-state index in [1.165, 1.54) is 0 Å². The molecule has 0 saturated carbocycles. The van der Waals surface area contributed by atoms with Crippen molar-refractivity contribution < 1.29 is 0 Å². The summed E-state index contributed by atoms with van der Waals surface area (Å²) in [5.41, 5.74) is 3.99. The first-order valence-electron chi connectivity index (χ1n) is 13.3. The Kier molecular flexibility index (Phi) is 12.0. The minimum absolute atomic E-state index is 0.393. The molecule has 0 spiro atoms. The molecule has 0 radical (unpaired) electrons. The molecule has 4 aromatic rings. The lowest BCUT2D eigenvalue weighted by atomic mass is 10.2. The lowest BCUT2D eigenvalue weighted by molar-refractivity contribution is 0.440. The Labute approximate surface area is 287 Å². The van der Waals surface area contributed by atoms with E-state index in [4.69, 9.17) is 81.0 Å². The summed E-state index contributed by atoms with van der Waals surface area (Å²) in [5.74, 6) is -7.05. The van der Waals surface area contributed by atoms with Crippen molar-refractivity contribution in [3.05, 3.63) is 144 Å². The standard InChI is InChI=1S/C28H28Cl6N6P4/c29-41(30)35-42(31,32)37-44(34,40(23-27-17-9-3-10-18-27)24-28-19-11-4-12-20-28)38-43(33,36-41)39(21-25-13-5-1-6-14-25)22-26-15-7-2-8-16-26/h1-20H,21-24H2. The van der Waals surface area contributed by atoms with E-state index in [9.17, 15) is 0 Å². The summed E-state index contributed by atoms with van der Waals surface area (Å²) in [4.78, 5) is 0. The molecule has 2 atom stereocenters. The van der Waals surface area contributed by atoms with Crippen LogP contribution in [0.2, 0.25) is 0 Å². The monoisotopic (exact) mass is 782 g/mol. The third-order valence-electron chi connectivity index (χ3n) is 6.44. The average Bonchev–Trinajstić information content (AvgIpc) is 2.97. The lowest BCUT2D eigenvalue weighted by Crippen LogP contribution is -2.19. The number of hydrogen-bond donors (Lipinski definition) is 0. The van der Waals surface area contributed by atoms with Gasteiger partial charge in [-0.2, -0.15) is 18.1 Å². The molecule has 232 valence electrons. The average molecular weight is 785 g/mol. The Morgan fingerprint density at radius 3 is 0.955 bits per heavy atom. The smallest absolute Gasteiger partial charge is 0.231 e. The molecule has 1 aliphatic rings. The molecule has 44 heavy (non-hydrogen) atoms. The number of benzene rings is 4. The molecular formula is C28H28Cl6N6P4. The third kappa shape index (κ3) is 9.74. The van der Waals surface area contributed by atoms with Gasteiger partial charge in [0.1, 0.15) is 0 Å². The zero-order chi connectivity index (χ0) is 31.3. The first kappa shape index (κ1) is 34.8. The minimum atomic E-state index is -3.53. The van der Waals surface area contributed by atoms with Gasteiger partial charge < -0.3 is 0 Å². The second kappa shape index (κ2) is 15.1. The zero-order valence-corrected chi connectivity index (χ0v) is 31.2. The maximum Gasteiger partial charge on any atom is 0.257 e. The number of hydrogen-bond acceptors (Lipinski definition) is 6. The Bertz CT molecular complexity index is 1600. The molecule has 1 aliphatic heterocycles. The molecule has 0 N–H and O–H groups in total. The minimum Gasteiger partial charge on any atom is -0.231 e. The summed E-state index contributed by atoms with van der Waals surface area (Å²) in [7, 11) is 0. The van der Waals surface area contributed by atoms with E-state index in [0.29, 0.717) is 26.2 Å². The normalized spacial score (nSPS) is 22.5. The molecule has 4 aromatic carbocycles. The van der Waals surface area contributed by atoms with Gasteiger partial charge in [0.05, 0.1) is 0 Å². The molecular weight excluding hydrogens is 757 g/mol. The van der Waals surface area contributed by atoms with Gasteiger partial charge in [-0.15, -0.1) is 0 Å². The second-order valence-corrected chi connectivity index (χ2v) is 27.1. The zero-order valence-electron chi connectivity index (χ0n) is 23.1. The summed E-state index contributed by atoms with van der Waals surface area (Å²) >= 11 is 42.2. The Hall–Kier alpha value is -0.540. The number of rotatable bonds is 10. The third-order valence-corrected chi connectivity index (χ3v) is 24.1. The van der Waals surface area contributed by atoms with Gasteiger partial charge in [0.25, 0.3) is 11.8 Å². The highest BCUT2D eigenvalue weighted by Crippen LogP contribution is 2.87. The van der Waals surface area contributed by atoms with Gasteiger partial charge >= 0.3 is 0 Å². The predicted molar refractivity (Wildman–Crippen MR) is 197 cm³/mol. The van der Waals surface area contributed by atoms with Crippen molar-refractivity contribution in [1.29, 1.82) is 0 Å². The van der Waals surface area contributed by atoms with E-state index in [0.717, 1.165) is 22.3 Å². The van der Waals surface area contributed by atoms with Gasteiger partial charge in [0, 0.05) is 26.2 Å². The largest absolute Gasteiger partial charge is 0.257 e. The van der Waals surface area contributed by atoms with E-state index in [2.05, 4.69) is 4.52 Å². The van der Waals surface area contributed by atoms with Gasteiger partial charge in [-0.05, 0) is 89.7 Å². The van der Waals surface area contributed by atoms with Crippen molar-refractivity contribution in [2.24, 2.45) is 18.1 Å². The van der Waals surface area contributed by atoms with Crippen LogP contribution in [0, 0.1) is 0 Å². The number of halogens is 6. The van der Waals surface area contributed by atoms with Crippen molar-refractivity contribution >= 4 is 92.7 Å². The Morgan fingerprint density at radius 2 is 0.636 bits per heavy atom. The van der Waals surface area contributed by atoms with Crippen molar-refractivity contribution in [2.45, 2.75) is 26.2 Å². The fourth-order valence-electron chi connectivity index (χ4n) is 4.49. The van der Waals surface area contributed by atoms with Crippen molar-refractivity contribution in [2.75, 3.05) is 0 Å². The maximum absolute atomic E-state index is 7.62. The molecule has 1 heterocycles. The van der Waals surface area contributed by atoms with Crippen LogP contribution >= 0.6 is 92.7 Å². The molecule has 0 fully saturated rings. The molecule has 6 nitrogen and oxygen atoms in total. The van der Waals surface area contributed by atoms with Gasteiger partial charge in [0.15, 0.2) is 0 Å². The van der Waals surface area contributed by atoms with Crippen LogP contribution in [0.5, 0.6) is 0 Å². The second-order valence-electron chi connectivity index (χ2n) is 9.85. The van der Waals surface area contributed by atoms with E-state index in [1.807, 2.05) is 131 Å². The Balaban J connectivity index is 1.73. The van der Waals surface area contributed by atoms with Crippen LogP contribution in [0.4, 0.5) is 0 Å². The van der Waals surface area contributed by atoms with Crippen LogP contribution in [-0.2, 0) is 26.2 Å². The molecule has 2 unspecified atom stereocenters. The summed E-state index contributed by atoms with van der Waals surface area (Å²) < 4.78 is 23.2. The predicted octanol–water partition coefficient (Wildman–Crippen LogP) is 14.6. The van der Waals surface area contributed by atoms with Gasteiger partial charge in [-0.3, -0.25) is 0 Å². The van der Waals surface area contributed by atoms with E-state index >= 15 is 0 Å². The van der Waals surface area contributed by atoms with Crippen LogP contribution in [0.15, 0.2) is 139 Å². The van der Waals surface area contributed by atoms with Crippen molar-refractivity contribution in [3.8, 4) is 0 Å². The summed E-state index contributed by atoms with van der Waals surface area (Å²) in [5, 5.41) is 0. The molecule has 0 aromatic heterocycles. The first-order chi connectivity index (χ1) is 20.9. The van der Waals surface area contributed by atoms with E-state index in [-0.39, 0.29) is 0 Å². The molecule has 0 bridgehead atoms. The fraction of sp³-hybridized carbons (Fsp3) is 0.143. The van der Waals surface area contributed by atoms with Crippen LogP contribution in [-0.4, -0.2) is 9.34 Å². The SMILES string of the molecule is ClP1(Cl)=NP(Cl)(Cl)=NP(Cl)(N(Cc2ccccc2)Cc2ccccc2)=NP(Cl)(N(Cc2ccccc2)Cc2ccccc2)=N1. The van der Waals surface area contributed by atoms with Crippen LogP contribution < -0.4 is 0 Å². The summed E-state index contributed by atoms with van der Waals surface area (Å²) in [6.45, 7) is -5.45. The number of nitrogens with zero attached hydrogens (tertiary/aromatic N) is 6. The van der Waals surface area contributed by atoms with Crippen molar-refractivity contribution in [1.82, 2.24) is 9.34 Å². The molecule has 16 heteroatoms. The molecule has 5 rings (SSSR count). The van der Waals surface area contributed by atoms with Gasteiger partial charge in [0.2, 0.25) is 13.4 Å². The Morgan fingerprint density at radius 1 is 0.364 bits per heavy atom. The summed E-state index contributed by atoms with van der Waals surface area (Å²) in [6, 6.07) is 39.6. The van der Waals surface area contributed by atoms with E-state index in [1.54, 1.807) is 0 Å².